The lowest BCUT2D eigenvalue weighted by atomic mass is 9.97. The first-order valence-electron chi connectivity index (χ1n) is 16.0. The molecule has 1 aliphatic heterocycles. The molecule has 0 spiro atoms. The molecule has 1 rings (SSSR count). The summed E-state index contributed by atoms with van der Waals surface area (Å²) in [5, 5.41) is 0. The van der Waals surface area contributed by atoms with Gasteiger partial charge in [-0.1, -0.05) is 83.1 Å². The van der Waals surface area contributed by atoms with E-state index in [-0.39, 0.29) is 0 Å². The van der Waals surface area contributed by atoms with Crippen LogP contribution < -0.4 is 0 Å². The van der Waals surface area contributed by atoms with Gasteiger partial charge in [-0.2, -0.15) is 0 Å². The smallest absolute Gasteiger partial charge is 0.329 e. The summed E-state index contributed by atoms with van der Waals surface area (Å²) in [6.45, 7) is 20.7. The molecule has 45 heavy (non-hydrogen) atoms. The standard InChI is InChI=1S/C33H57N3O9/c1-16(2)22-31(40)43-26(20(9)10)29(38)35(14)24(18(5)6)33(42)45-27(21(11)12)30(39)36(15)23(17(3)4)32(41)44-25(19(7)8)28(37)34(22)13/h16-27H,1-15H3/t22-,23-,24-,25+,26+,27+/m0/s1. The first-order valence-corrected chi connectivity index (χ1v) is 16.0. The molecule has 12 heteroatoms. The van der Waals surface area contributed by atoms with E-state index >= 15 is 0 Å². The number of hydrogen-bond donors (Lipinski definition) is 0. The van der Waals surface area contributed by atoms with Gasteiger partial charge in [0.05, 0.1) is 0 Å². The van der Waals surface area contributed by atoms with Gasteiger partial charge in [-0.15, -0.1) is 0 Å². The van der Waals surface area contributed by atoms with Crippen molar-refractivity contribution in [1.82, 2.24) is 14.7 Å². The zero-order valence-corrected chi connectivity index (χ0v) is 29.9. The van der Waals surface area contributed by atoms with Crippen molar-refractivity contribution in [2.75, 3.05) is 21.1 Å². The molecule has 0 unspecified atom stereocenters. The molecule has 258 valence electrons. The van der Waals surface area contributed by atoms with Crippen LogP contribution in [-0.2, 0) is 43.0 Å². The number of carbonyl (C=O) groups excluding carboxylic acids is 6. The van der Waals surface area contributed by atoms with E-state index in [4.69, 9.17) is 14.2 Å². The van der Waals surface area contributed by atoms with Crippen LogP contribution in [0.5, 0.6) is 0 Å². The zero-order chi connectivity index (χ0) is 35.2. The number of likely N-dealkylation sites (N-methyl/N-ethyl adjacent to an activating group) is 3. The van der Waals surface area contributed by atoms with Gasteiger partial charge in [0.25, 0.3) is 17.7 Å². The van der Waals surface area contributed by atoms with Crippen LogP contribution in [0.3, 0.4) is 0 Å². The van der Waals surface area contributed by atoms with Gasteiger partial charge in [0.2, 0.25) is 0 Å². The molecule has 12 nitrogen and oxygen atoms in total. The van der Waals surface area contributed by atoms with Crippen molar-refractivity contribution in [3.63, 3.8) is 0 Å². The first kappa shape index (κ1) is 39.8. The Bertz CT molecular complexity index is 952. The summed E-state index contributed by atoms with van der Waals surface area (Å²) in [5.41, 5.74) is 0. The molecule has 0 aromatic carbocycles. The molecule has 0 saturated carbocycles. The van der Waals surface area contributed by atoms with Crippen LogP contribution in [0.4, 0.5) is 0 Å². The highest BCUT2D eigenvalue weighted by atomic mass is 16.6. The minimum absolute atomic E-state index is 0.431. The topological polar surface area (TPSA) is 140 Å². The number of cyclic esters (lactones) is 3. The van der Waals surface area contributed by atoms with Gasteiger partial charge in [0, 0.05) is 21.1 Å². The number of esters is 3. The van der Waals surface area contributed by atoms with Crippen molar-refractivity contribution < 1.29 is 43.0 Å². The van der Waals surface area contributed by atoms with Crippen LogP contribution in [0.15, 0.2) is 0 Å². The average molecular weight is 640 g/mol. The quantitative estimate of drug-likeness (QED) is 0.317. The highest BCUT2D eigenvalue weighted by molar-refractivity contribution is 5.94. The van der Waals surface area contributed by atoms with Gasteiger partial charge >= 0.3 is 17.9 Å². The van der Waals surface area contributed by atoms with Crippen LogP contribution in [0.1, 0.15) is 83.1 Å². The summed E-state index contributed by atoms with van der Waals surface area (Å²) in [4.78, 5) is 86.3. The van der Waals surface area contributed by atoms with Crippen molar-refractivity contribution in [3.8, 4) is 0 Å². The van der Waals surface area contributed by atoms with Crippen LogP contribution >= 0.6 is 0 Å². The fourth-order valence-corrected chi connectivity index (χ4v) is 5.65. The highest BCUT2D eigenvalue weighted by Crippen LogP contribution is 2.25. The molecule has 1 saturated heterocycles. The van der Waals surface area contributed by atoms with Gasteiger partial charge in [-0.25, -0.2) is 14.4 Å². The van der Waals surface area contributed by atoms with Gasteiger partial charge in [0.1, 0.15) is 18.1 Å². The normalized spacial score (nSPS) is 27.5. The molecular weight excluding hydrogens is 582 g/mol. The second-order valence-corrected chi connectivity index (χ2v) is 14.2. The Morgan fingerprint density at radius 3 is 0.689 bits per heavy atom. The minimum Gasteiger partial charge on any atom is -0.450 e. The fourth-order valence-electron chi connectivity index (χ4n) is 5.65. The molecule has 0 aromatic rings. The number of rotatable bonds is 6. The Morgan fingerprint density at radius 2 is 0.556 bits per heavy atom. The predicted molar refractivity (Wildman–Crippen MR) is 168 cm³/mol. The van der Waals surface area contributed by atoms with E-state index in [0.29, 0.717) is 0 Å². The van der Waals surface area contributed by atoms with Crippen LogP contribution in [0.25, 0.3) is 0 Å². The largest absolute Gasteiger partial charge is 0.450 e. The molecular formula is C33H57N3O9. The van der Waals surface area contributed by atoms with Gasteiger partial charge < -0.3 is 28.9 Å². The molecule has 0 aromatic heterocycles. The van der Waals surface area contributed by atoms with Crippen LogP contribution in [-0.4, -0.2) is 108 Å². The Balaban J connectivity index is 3.93. The number of ether oxygens (including phenoxy) is 3. The maximum Gasteiger partial charge on any atom is 0.329 e. The van der Waals surface area contributed by atoms with E-state index in [1.807, 2.05) is 0 Å². The third-order valence-corrected chi connectivity index (χ3v) is 8.19. The number of amides is 3. The van der Waals surface area contributed by atoms with Crippen molar-refractivity contribution in [2.45, 2.75) is 120 Å². The molecule has 1 fully saturated rings. The van der Waals surface area contributed by atoms with Gasteiger partial charge in [0.15, 0.2) is 18.3 Å². The number of hydrogen-bond acceptors (Lipinski definition) is 9. The summed E-state index contributed by atoms with van der Waals surface area (Å²) in [6, 6.07) is -3.34. The molecule has 0 N–H and O–H groups in total. The van der Waals surface area contributed by atoms with E-state index in [9.17, 15) is 28.8 Å². The van der Waals surface area contributed by atoms with Gasteiger partial charge in [-0.3, -0.25) is 14.4 Å². The minimum atomic E-state index is -1.28. The molecule has 1 aliphatic rings. The maximum atomic E-state index is 13.9. The number of nitrogens with zero attached hydrogens (tertiary/aromatic N) is 3. The SMILES string of the molecule is CC(C)[C@H]1C(=O)O[C@H](C(C)C)C(=O)N(C)[C@@H](C(C)C)C(=O)O[C@H](C(C)C)C(=O)N(C)[C@@H](C(C)C)C(=O)O[C@H](C(C)C)C(=O)N1C. The second kappa shape index (κ2) is 16.4. The summed E-state index contributed by atoms with van der Waals surface area (Å²) in [5.74, 6) is -7.01. The fraction of sp³-hybridized carbons (Fsp3) is 0.818. The third kappa shape index (κ3) is 9.42. The lowest BCUT2D eigenvalue weighted by Crippen LogP contribution is -2.57. The molecule has 1 heterocycles. The van der Waals surface area contributed by atoms with Crippen molar-refractivity contribution >= 4 is 35.6 Å². The maximum absolute atomic E-state index is 13.9. The Labute approximate surface area is 269 Å². The summed E-state index contributed by atoms with van der Waals surface area (Å²) in [6.07, 6.45) is -3.84. The monoisotopic (exact) mass is 639 g/mol. The zero-order valence-electron chi connectivity index (χ0n) is 29.9. The Morgan fingerprint density at radius 1 is 0.378 bits per heavy atom. The van der Waals surface area contributed by atoms with Crippen molar-refractivity contribution in [2.24, 2.45) is 35.5 Å². The third-order valence-electron chi connectivity index (χ3n) is 8.19. The summed E-state index contributed by atoms with van der Waals surface area (Å²) in [7, 11) is 4.30. The number of carbonyl (C=O) groups is 6. The second-order valence-electron chi connectivity index (χ2n) is 14.2. The van der Waals surface area contributed by atoms with Crippen LogP contribution in [0.2, 0.25) is 0 Å². The van der Waals surface area contributed by atoms with E-state index < -0.39 is 108 Å². The molecule has 0 bridgehead atoms. The van der Waals surface area contributed by atoms with Gasteiger partial charge in [-0.05, 0) is 35.5 Å². The van der Waals surface area contributed by atoms with E-state index in [2.05, 4.69) is 0 Å². The van der Waals surface area contributed by atoms with Crippen LogP contribution in [0, 0.1) is 35.5 Å². The lowest BCUT2D eigenvalue weighted by Gasteiger charge is -2.38. The summed E-state index contributed by atoms with van der Waals surface area (Å²) < 4.78 is 17.4. The Hall–Kier alpha value is -3.18. The van der Waals surface area contributed by atoms with Crippen molar-refractivity contribution in [3.05, 3.63) is 0 Å². The first-order chi connectivity index (χ1) is 20.6. The molecule has 6 atom stereocenters. The van der Waals surface area contributed by atoms with E-state index in [0.717, 1.165) is 0 Å². The average Bonchev–Trinajstić information content (AvgIpc) is 2.90. The molecule has 3 amide bonds. The van der Waals surface area contributed by atoms with Crippen molar-refractivity contribution in [1.29, 1.82) is 0 Å². The van der Waals surface area contributed by atoms with E-state index in [1.165, 1.54) is 35.8 Å². The molecule has 0 aliphatic carbocycles. The highest BCUT2D eigenvalue weighted by Gasteiger charge is 2.45. The Kier molecular flexibility index (Phi) is 14.5. The molecule has 0 radical (unpaired) electrons. The summed E-state index contributed by atoms with van der Waals surface area (Å²) >= 11 is 0. The van der Waals surface area contributed by atoms with E-state index in [1.54, 1.807) is 83.1 Å². The predicted octanol–water partition coefficient (Wildman–Crippen LogP) is 3.15. The lowest BCUT2D eigenvalue weighted by molar-refractivity contribution is -0.181.